The molecule has 1 unspecified atom stereocenters. The summed E-state index contributed by atoms with van der Waals surface area (Å²) in [5, 5.41) is 0. The first-order valence-electron chi connectivity index (χ1n) is 9.37. The summed E-state index contributed by atoms with van der Waals surface area (Å²) in [6.45, 7) is 11.2. The van der Waals surface area contributed by atoms with E-state index >= 15 is 0 Å². The smallest absolute Gasteiger partial charge is 0.127 e. The topological polar surface area (TPSA) is 43.8 Å². The Kier molecular flexibility index (Phi) is 6.76. The summed E-state index contributed by atoms with van der Waals surface area (Å²) in [4.78, 5) is 4.88. The van der Waals surface area contributed by atoms with Gasteiger partial charge in [-0.05, 0) is 11.0 Å². The first-order chi connectivity index (χ1) is 12.4. The third-order valence-electron chi connectivity index (χ3n) is 4.28. The molecule has 0 radical (unpaired) electrons. The van der Waals surface area contributed by atoms with E-state index in [9.17, 15) is 0 Å². The molecule has 0 saturated carbocycles. The largest absolute Gasteiger partial charge is 0.329 e. The van der Waals surface area contributed by atoms with Crippen molar-refractivity contribution in [2.45, 2.75) is 47.2 Å². The van der Waals surface area contributed by atoms with Crippen molar-refractivity contribution < 1.29 is 0 Å². The number of hydrogen-bond donors (Lipinski definition) is 1. The van der Waals surface area contributed by atoms with Crippen LogP contribution < -0.4 is 5.73 Å². The second-order valence-corrected chi connectivity index (χ2v) is 7.31. The van der Waals surface area contributed by atoms with Gasteiger partial charge in [-0.1, -0.05) is 95.3 Å². The van der Waals surface area contributed by atoms with Crippen LogP contribution in [-0.4, -0.2) is 9.55 Å². The zero-order chi connectivity index (χ0) is 19.2. The van der Waals surface area contributed by atoms with Crippen LogP contribution in [-0.2, 0) is 6.54 Å². The van der Waals surface area contributed by atoms with Crippen LogP contribution in [0, 0.1) is 5.41 Å². The van der Waals surface area contributed by atoms with E-state index < -0.39 is 0 Å². The van der Waals surface area contributed by atoms with Gasteiger partial charge in [0.25, 0.3) is 0 Å². The lowest BCUT2D eigenvalue weighted by Gasteiger charge is -2.27. The standard InChI is InChI=1S/C21H25N3.C2H6/c1-21(2,3)19(22)20-23-18(17-12-8-5-9-13-17)15-24(20)14-16-10-6-4-7-11-16;1-2/h4-13,15,19H,14,22H2,1-3H3;1-2H3. The highest BCUT2D eigenvalue weighted by atomic mass is 15.1. The summed E-state index contributed by atoms with van der Waals surface area (Å²) < 4.78 is 2.19. The van der Waals surface area contributed by atoms with Crippen LogP contribution in [0.4, 0.5) is 0 Å². The van der Waals surface area contributed by atoms with Gasteiger partial charge in [0.05, 0.1) is 11.7 Å². The van der Waals surface area contributed by atoms with Gasteiger partial charge in [-0.15, -0.1) is 0 Å². The molecule has 0 aliphatic heterocycles. The molecule has 138 valence electrons. The van der Waals surface area contributed by atoms with E-state index in [1.54, 1.807) is 0 Å². The van der Waals surface area contributed by atoms with Crippen LogP contribution in [0.5, 0.6) is 0 Å². The quantitative estimate of drug-likeness (QED) is 0.659. The van der Waals surface area contributed by atoms with Crippen LogP contribution >= 0.6 is 0 Å². The fraction of sp³-hybridized carbons (Fsp3) is 0.348. The van der Waals surface area contributed by atoms with Gasteiger partial charge in [0.2, 0.25) is 0 Å². The zero-order valence-electron chi connectivity index (χ0n) is 16.6. The molecular formula is C23H31N3. The first kappa shape index (κ1) is 19.9. The maximum atomic E-state index is 6.53. The average Bonchev–Trinajstić information content (AvgIpc) is 3.07. The Labute approximate surface area is 157 Å². The molecule has 3 aromatic rings. The number of hydrogen-bond acceptors (Lipinski definition) is 2. The van der Waals surface area contributed by atoms with Crippen molar-refractivity contribution in [3.8, 4) is 11.3 Å². The number of benzene rings is 2. The molecule has 2 N–H and O–H groups in total. The summed E-state index contributed by atoms with van der Waals surface area (Å²) in [7, 11) is 0. The van der Waals surface area contributed by atoms with Crippen molar-refractivity contribution in [3.63, 3.8) is 0 Å². The number of nitrogens with zero attached hydrogens (tertiary/aromatic N) is 2. The molecule has 0 spiro atoms. The number of nitrogens with two attached hydrogens (primary N) is 1. The molecule has 0 saturated heterocycles. The molecule has 26 heavy (non-hydrogen) atoms. The molecular weight excluding hydrogens is 318 g/mol. The fourth-order valence-corrected chi connectivity index (χ4v) is 2.72. The van der Waals surface area contributed by atoms with Crippen molar-refractivity contribution in [2.24, 2.45) is 11.1 Å². The molecule has 1 atom stereocenters. The van der Waals surface area contributed by atoms with E-state index in [4.69, 9.17) is 10.7 Å². The predicted octanol–water partition coefficient (Wildman–Crippen LogP) is 5.67. The van der Waals surface area contributed by atoms with Gasteiger partial charge in [-0.25, -0.2) is 4.98 Å². The lowest BCUT2D eigenvalue weighted by molar-refractivity contribution is 0.309. The summed E-state index contributed by atoms with van der Waals surface area (Å²) in [6.07, 6.45) is 2.11. The Bertz CT molecular complexity index is 783. The van der Waals surface area contributed by atoms with Gasteiger partial charge >= 0.3 is 0 Å². The summed E-state index contributed by atoms with van der Waals surface area (Å²) in [5.74, 6) is 0.935. The van der Waals surface area contributed by atoms with Crippen LogP contribution in [0.2, 0.25) is 0 Å². The molecule has 0 aliphatic rings. The Morgan fingerprint density at radius 1 is 0.923 bits per heavy atom. The molecule has 3 nitrogen and oxygen atoms in total. The molecule has 0 fully saturated rings. The maximum absolute atomic E-state index is 6.53. The Hall–Kier alpha value is -2.39. The van der Waals surface area contributed by atoms with Crippen molar-refractivity contribution in [1.82, 2.24) is 9.55 Å². The van der Waals surface area contributed by atoms with E-state index in [2.05, 4.69) is 67.9 Å². The highest BCUT2D eigenvalue weighted by Gasteiger charge is 2.27. The Morgan fingerprint density at radius 2 is 1.46 bits per heavy atom. The number of rotatable bonds is 4. The number of aromatic nitrogens is 2. The van der Waals surface area contributed by atoms with Crippen molar-refractivity contribution in [3.05, 3.63) is 78.2 Å². The third kappa shape index (κ3) is 4.83. The fourth-order valence-electron chi connectivity index (χ4n) is 2.72. The van der Waals surface area contributed by atoms with Crippen LogP contribution in [0.1, 0.15) is 52.0 Å². The molecule has 0 bridgehead atoms. The monoisotopic (exact) mass is 349 g/mol. The second kappa shape index (κ2) is 8.81. The lowest BCUT2D eigenvalue weighted by atomic mass is 9.87. The van der Waals surface area contributed by atoms with E-state index in [0.29, 0.717) is 0 Å². The van der Waals surface area contributed by atoms with Gasteiger partial charge < -0.3 is 10.3 Å². The normalized spacial score (nSPS) is 12.2. The predicted molar refractivity (Wildman–Crippen MR) is 111 cm³/mol. The lowest BCUT2D eigenvalue weighted by Crippen LogP contribution is -2.29. The highest BCUT2D eigenvalue weighted by Crippen LogP contribution is 2.32. The van der Waals surface area contributed by atoms with Crippen molar-refractivity contribution in [1.29, 1.82) is 0 Å². The van der Waals surface area contributed by atoms with Gasteiger partial charge in [0.15, 0.2) is 0 Å². The van der Waals surface area contributed by atoms with E-state index in [1.165, 1.54) is 5.56 Å². The van der Waals surface area contributed by atoms with Gasteiger partial charge in [0.1, 0.15) is 5.82 Å². The maximum Gasteiger partial charge on any atom is 0.127 e. The third-order valence-corrected chi connectivity index (χ3v) is 4.28. The van der Waals surface area contributed by atoms with Gasteiger partial charge in [0, 0.05) is 18.3 Å². The highest BCUT2D eigenvalue weighted by molar-refractivity contribution is 5.58. The Morgan fingerprint density at radius 3 is 2.00 bits per heavy atom. The van der Waals surface area contributed by atoms with Crippen LogP contribution in [0.25, 0.3) is 11.3 Å². The van der Waals surface area contributed by atoms with Gasteiger partial charge in [-0.2, -0.15) is 0 Å². The molecule has 3 rings (SSSR count). The van der Waals surface area contributed by atoms with Gasteiger partial charge in [-0.3, -0.25) is 0 Å². The van der Waals surface area contributed by atoms with Crippen molar-refractivity contribution >= 4 is 0 Å². The minimum Gasteiger partial charge on any atom is -0.329 e. The Balaban J connectivity index is 0.00000117. The van der Waals surface area contributed by atoms with Crippen LogP contribution in [0.3, 0.4) is 0 Å². The number of imidazole rings is 1. The van der Waals surface area contributed by atoms with E-state index in [1.807, 2.05) is 38.1 Å². The summed E-state index contributed by atoms with van der Waals surface area (Å²) in [6, 6.07) is 20.6. The summed E-state index contributed by atoms with van der Waals surface area (Å²) >= 11 is 0. The molecule has 1 heterocycles. The summed E-state index contributed by atoms with van der Waals surface area (Å²) in [5.41, 5.74) is 9.82. The molecule has 1 aromatic heterocycles. The SMILES string of the molecule is CC.CC(C)(C)C(N)c1nc(-c2ccccc2)cn1Cc1ccccc1. The van der Waals surface area contributed by atoms with Crippen molar-refractivity contribution in [2.75, 3.05) is 0 Å². The molecule has 0 amide bonds. The minimum absolute atomic E-state index is 0.0479. The second-order valence-electron chi connectivity index (χ2n) is 7.31. The first-order valence-corrected chi connectivity index (χ1v) is 9.37. The van der Waals surface area contributed by atoms with E-state index in [-0.39, 0.29) is 11.5 Å². The zero-order valence-corrected chi connectivity index (χ0v) is 16.6. The molecule has 0 aliphatic carbocycles. The van der Waals surface area contributed by atoms with Crippen LogP contribution in [0.15, 0.2) is 66.9 Å². The molecule has 3 heteroatoms. The molecule has 2 aromatic carbocycles. The minimum atomic E-state index is -0.126. The van der Waals surface area contributed by atoms with E-state index in [0.717, 1.165) is 23.6 Å². The average molecular weight is 350 g/mol.